The fraction of sp³-hybridized carbons (Fsp3) is 0.769. The van der Waals surface area contributed by atoms with Crippen LogP contribution in [0.2, 0.25) is 0 Å². The van der Waals surface area contributed by atoms with Gasteiger partial charge in [0.1, 0.15) is 5.82 Å². The number of piperazine rings is 1. The summed E-state index contributed by atoms with van der Waals surface area (Å²) in [6.07, 6.45) is 7.88. The van der Waals surface area contributed by atoms with Crippen molar-refractivity contribution in [1.29, 1.82) is 0 Å². The lowest BCUT2D eigenvalue weighted by atomic mass is 10.1. The molecule has 1 aromatic heterocycles. The average molecular weight is 234 g/mol. The quantitative estimate of drug-likeness (QED) is 0.830. The van der Waals surface area contributed by atoms with E-state index in [-0.39, 0.29) is 0 Å². The summed E-state index contributed by atoms with van der Waals surface area (Å²) in [5.41, 5.74) is 0. The van der Waals surface area contributed by atoms with E-state index in [2.05, 4.69) is 26.8 Å². The molecule has 0 bridgehead atoms. The first-order valence-corrected chi connectivity index (χ1v) is 6.75. The Bertz CT molecular complexity index is 369. The third-order valence-corrected chi connectivity index (χ3v) is 4.11. The highest BCUT2D eigenvalue weighted by molar-refractivity contribution is 4.96. The summed E-state index contributed by atoms with van der Waals surface area (Å²) in [4.78, 5) is 7.08. The van der Waals surface area contributed by atoms with Crippen LogP contribution in [0.4, 0.5) is 0 Å². The van der Waals surface area contributed by atoms with E-state index in [1.165, 1.54) is 31.8 Å². The first-order chi connectivity index (χ1) is 8.34. The molecule has 94 valence electrons. The SMILES string of the molecule is Cn1ccnc1CCN1CCNCC1C1CC1. The molecule has 1 aliphatic heterocycles. The van der Waals surface area contributed by atoms with Crippen molar-refractivity contribution < 1.29 is 0 Å². The molecule has 1 aromatic rings. The Labute approximate surface area is 103 Å². The van der Waals surface area contributed by atoms with Crippen molar-refractivity contribution in [3.05, 3.63) is 18.2 Å². The van der Waals surface area contributed by atoms with Crippen LogP contribution in [0.15, 0.2) is 12.4 Å². The molecule has 17 heavy (non-hydrogen) atoms. The standard InChI is InChI=1S/C13H22N4/c1-16-8-6-15-13(16)4-7-17-9-5-14-10-12(17)11-2-3-11/h6,8,11-12,14H,2-5,7,9-10H2,1H3. The van der Waals surface area contributed by atoms with Gasteiger partial charge in [-0.1, -0.05) is 0 Å². The lowest BCUT2D eigenvalue weighted by Crippen LogP contribution is -2.52. The summed E-state index contributed by atoms with van der Waals surface area (Å²) in [7, 11) is 2.08. The van der Waals surface area contributed by atoms with E-state index in [1.807, 2.05) is 12.4 Å². The van der Waals surface area contributed by atoms with Crippen molar-refractivity contribution >= 4 is 0 Å². The molecule has 1 aliphatic carbocycles. The number of nitrogens with one attached hydrogen (secondary N) is 1. The predicted octanol–water partition coefficient (Wildman–Crippen LogP) is 0.646. The Morgan fingerprint density at radius 3 is 3.06 bits per heavy atom. The van der Waals surface area contributed by atoms with Crippen LogP contribution in [0, 0.1) is 5.92 Å². The van der Waals surface area contributed by atoms with Crippen molar-refractivity contribution in [3.8, 4) is 0 Å². The number of imidazole rings is 1. The predicted molar refractivity (Wildman–Crippen MR) is 67.9 cm³/mol. The number of hydrogen-bond donors (Lipinski definition) is 1. The van der Waals surface area contributed by atoms with E-state index in [4.69, 9.17) is 0 Å². The zero-order chi connectivity index (χ0) is 11.7. The van der Waals surface area contributed by atoms with Gasteiger partial charge in [-0.3, -0.25) is 4.90 Å². The van der Waals surface area contributed by atoms with Crippen LogP contribution in [0.5, 0.6) is 0 Å². The molecule has 1 N–H and O–H groups in total. The molecule has 4 heteroatoms. The molecule has 1 saturated heterocycles. The number of nitrogens with zero attached hydrogens (tertiary/aromatic N) is 3. The van der Waals surface area contributed by atoms with Gasteiger partial charge in [0.15, 0.2) is 0 Å². The number of aryl methyl sites for hydroxylation is 1. The Balaban J connectivity index is 1.57. The zero-order valence-electron chi connectivity index (χ0n) is 10.6. The summed E-state index contributed by atoms with van der Waals surface area (Å²) in [6.45, 7) is 4.69. The first kappa shape index (κ1) is 11.2. The molecular formula is C13H22N4. The van der Waals surface area contributed by atoms with E-state index < -0.39 is 0 Å². The highest BCUT2D eigenvalue weighted by Gasteiger charge is 2.36. The fourth-order valence-corrected chi connectivity index (χ4v) is 2.87. The molecular weight excluding hydrogens is 212 g/mol. The van der Waals surface area contributed by atoms with E-state index in [0.29, 0.717) is 0 Å². The Morgan fingerprint density at radius 1 is 1.47 bits per heavy atom. The number of hydrogen-bond acceptors (Lipinski definition) is 3. The Hall–Kier alpha value is -0.870. The number of aromatic nitrogens is 2. The Morgan fingerprint density at radius 2 is 2.35 bits per heavy atom. The summed E-state index contributed by atoms with van der Waals surface area (Å²) in [5, 5.41) is 3.53. The molecule has 1 saturated carbocycles. The molecule has 0 spiro atoms. The van der Waals surface area contributed by atoms with Gasteiger partial charge in [-0.2, -0.15) is 0 Å². The lowest BCUT2D eigenvalue weighted by Gasteiger charge is -2.36. The zero-order valence-corrected chi connectivity index (χ0v) is 10.6. The van der Waals surface area contributed by atoms with Crippen LogP contribution in [-0.4, -0.2) is 46.7 Å². The van der Waals surface area contributed by atoms with Gasteiger partial charge in [0.05, 0.1) is 0 Å². The minimum atomic E-state index is 0.781. The van der Waals surface area contributed by atoms with Gasteiger partial charge in [-0.15, -0.1) is 0 Å². The molecule has 4 nitrogen and oxygen atoms in total. The first-order valence-electron chi connectivity index (χ1n) is 6.75. The lowest BCUT2D eigenvalue weighted by molar-refractivity contribution is 0.144. The van der Waals surface area contributed by atoms with Crippen molar-refractivity contribution in [2.24, 2.45) is 13.0 Å². The van der Waals surface area contributed by atoms with Gasteiger partial charge in [0.2, 0.25) is 0 Å². The minimum absolute atomic E-state index is 0.781. The van der Waals surface area contributed by atoms with Crippen molar-refractivity contribution in [3.63, 3.8) is 0 Å². The highest BCUT2D eigenvalue weighted by Crippen LogP contribution is 2.35. The second-order valence-corrected chi connectivity index (χ2v) is 5.35. The fourth-order valence-electron chi connectivity index (χ4n) is 2.87. The normalized spacial score (nSPS) is 26.3. The van der Waals surface area contributed by atoms with Crippen molar-refractivity contribution in [2.75, 3.05) is 26.2 Å². The van der Waals surface area contributed by atoms with Gasteiger partial charge >= 0.3 is 0 Å². The van der Waals surface area contributed by atoms with Crippen LogP contribution in [0.1, 0.15) is 18.7 Å². The van der Waals surface area contributed by atoms with E-state index in [9.17, 15) is 0 Å². The van der Waals surface area contributed by atoms with Gasteiger partial charge < -0.3 is 9.88 Å². The highest BCUT2D eigenvalue weighted by atomic mass is 15.2. The molecule has 0 amide bonds. The van der Waals surface area contributed by atoms with Crippen LogP contribution < -0.4 is 5.32 Å². The molecule has 1 unspecified atom stereocenters. The van der Waals surface area contributed by atoms with E-state index in [1.54, 1.807) is 0 Å². The summed E-state index contributed by atoms with van der Waals surface area (Å²) >= 11 is 0. The van der Waals surface area contributed by atoms with Gasteiger partial charge in [-0.25, -0.2) is 4.98 Å². The van der Waals surface area contributed by atoms with Crippen LogP contribution >= 0.6 is 0 Å². The summed E-state index contributed by atoms with van der Waals surface area (Å²) < 4.78 is 2.13. The van der Waals surface area contributed by atoms with Crippen molar-refractivity contribution in [1.82, 2.24) is 19.8 Å². The topological polar surface area (TPSA) is 33.1 Å². The Kier molecular flexibility index (Phi) is 3.16. The summed E-state index contributed by atoms with van der Waals surface area (Å²) in [5.74, 6) is 2.17. The molecule has 0 radical (unpaired) electrons. The summed E-state index contributed by atoms with van der Waals surface area (Å²) in [6, 6.07) is 0.781. The second kappa shape index (κ2) is 4.78. The van der Waals surface area contributed by atoms with Gasteiger partial charge in [0, 0.05) is 58.1 Å². The third-order valence-electron chi connectivity index (χ3n) is 4.11. The average Bonchev–Trinajstić information content (AvgIpc) is 3.11. The minimum Gasteiger partial charge on any atom is -0.338 e. The van der Waals surface area contributed by atoms with Gasteiger partial charge in [-0.05, 0) is 18.8 Å². The largest absolute Gasteiger partial charge is 0.338 e. The maximum atomic E-state index is 4.41. The number of rotatable bonds is 4. The van der Waals surface area contributed by atoms with Crippen molar-refractivity contribution in [2.45, 2.75) is 25.3 Å². The molecule has 1 atom stereocenters. The maximum absolute atomic E-state index is 4.41. The van der Waals surface area contributed by atoms with E-state index >= 15 is 0 Å². The second-order valence-electron chi connectivity index (χ2n) is 5.35. The van der Waals surface area contributed by atoms with E-state index in [0.717, 1.165) is 31.5 Å². The van der Waals surface area contributed by atoms with Crippen LogP contribution in [-0.2, 0) is 13.5 Å². The van der Waals surface area contributed by atoms with Crippen LogP contribution in [0.25, 0.3) is 0 Å². The third kappa shape index (κ3) is 2.53. The van der Waals surface area contributed by atoms with Gasteiger partial charge in [0.25, 0.3) is 0 Å². The molecule has 2 heterocycles. The molecule has 2 fully saturated rings. The molecule has 3 rings (SSSR count). The smallest absolute Gasteiger partial charge is 0.109 e. The monoisotopic (exact) mass is 234 g/mol. The van der Waals surface area contributed by atoms with Crippen LogP contribution in [0.3, 0.4) is 0 Å². The molecule has 0 aromatic carbocycles. The maximum Gasteiger partial charge on any atom is 0.109 e. The molecule has 2 aliphatic rings.